The van der Waals surface area contributed by atoms with E-state index in [0.29, 0.717) is 24.2 Å². The highest BCUT2D eigenvalue weighted by Crippen LogP contribution is 2.49. The Balaban J connectivity index is 1.55. The highest BCUT2D eigenvalue weighted by molar-refractivity contribution is 5.66. The third-order valence-electron chi connectivity index (χ3n) is 6.97. The number of piperidine rings is 2. The fourth-order valence-electron chi connectivity index (χ4n) is 6.45. The van der Waals surface area contributed by atoms with Crippen LogP contribution in [0, 0.1) is 5.92 Å². The predicted molar refractivity (Wildman–Crippen MR) is 90.0 cm³/mol. The van der Waals surface area contributed by atoms with E-state index in [1.165, 1.54) is 38.5 Å². The Morgan fingerprint density at radius 3 is 2.48 bits per heavy atom. The standard InChI is InChI=1S/C19H32N2O2/c1-13(22)23-19-7-3-4-14(11-19)8-18(12-19)21-16-5-2-6-17(21)10-15(20)9-16/h14-18H,2-12,20H2,1H3/t14-,15?,16-,17+,18?,19-/m1/s1. The molecular weight excluding hydrogens is 288 g/mol. The first-order valence-electron chi connectivity index (χ1n) is 9.77. The minimum absolute atomic E-state index is 0.0906. The molecule has 0 amide bonds. The van der Waals surface area contributed by atoms with Crippen molar-refractivity contribution in [3.05, 3.63) is 0 Å². The molecule has 2 aliphatic carbocycles. The fourth-order valence-corrected chi connectivity index (χ4v) is 6.45. The molecule has 6 atom stereocenters. The second-order valence-corrected chi connectivity index (χ2v) is 8.75. The number of carbonyl (C=O) groups excluding carboxylic acids is 1. The van der Waals surface area contributed by atoms with Crippen LogP contribution in [0.25, 0.3) is 0 Å². The summed E-state index contributed by atoms with van der Waals surface area (Å²) in [5, 5.41) is 0. The van der Waals surface area contributed by atoms with Crippen molar-refractivity contribution in [2.45, 2.75) is 107 Å². The van der Waals surface area contributed by atoms with Gasteiger partial charge in [-0.2, -0.15) is 0 Å². The fraction of sp³-hybridized carbons (Fsp3) is 0.947. The molecule has 2 unspecified atom stereocenters. The number of hydrogen-bond donors (Lipinski definition) is 1. The summed E-state index contributed by atoms with van der Waals surface area (Å²) in [6.07, 6.45) is 13.4. The van der Waals surface area contributed by atoms with Crippen molar-refractivity contribution in [1.29, 1.82) is 0 Å². The number of hydrogen-bond acceptors (Lipinski definition) is 4. The average Bonchev–Trinajstić information content (AvgIpc) is 2.44. The summed E-state index contributed by atoms with van der Waals surface area (Å²) in [4.78, 5) is 14.5. The molecule has 4 fully saturated rings. The number of nitrogens with zero attached hydrogens (tertiary/aromatic N) is 1. The number of carbonyl (C=O) groups is 1. The van der Waals surface area contributed by atoms with E-state index < -0.39 is 0 Å². The van der Waals surface area contributed by atoms with Crippen molar-refractivity contribution in [1.82, 2.24) is 4.90 Å². The lowest BCUT2D eigenvalue weighted by molar-refractivity contribution is -0.174. The van der Waals surface area contributed by atoms with Crippen LogP contribution in [-0.2, 0) is 9.53 Å². The molecule has 4 heteroatoms. The van der Waals surface area contributed by atoms with Crippen LogP contribution >= 0.6 is 0 Å². The smallest absolute Gasteiger partial charge is 0.303 e. The van der Waals surface area contributed by atoms with Crippen molar-refractivity contribution in [2.75, 3.05) is 0 Å². The topological polar surface area (TPSA) is 55.6 Å². The number of nitrogens with two attached hydrogens (primary N) is 1. The molecule has 0 radical (unpaired) electrons. The van der Waals surface area contributed by atoms with Gasteiger partial charge < -0.3 is 10.5 Å². The third-order valence-corrected chi connectivity index (χ3v) is 6.97. The molecule has 0 spiro atoms. The Hall–Kier alpha value is -0.610. The summed E-state index contributed by atoms with van der Waals surface area (Å²) >= 11 is 0. The maximum absolute atomic E-state index is 11.7. The molecule has 2 N–H and O–H groups in total. The zero-order chi connectivity index (χ0) is 16.0. The van der Waals surface area contributed by atoms with Crippen molar-refractivity contribution in [3.8, 4) is 0 Å². The van der Waals surface area contributed by atoms with E-state index in [4.69, 9.17) is 10.5 Å². The first-order chi connectivity index (χ1) is 11.0. The Kier molecular flexibility index (Phi) is 4.17. The first-order valence-corrected chi connectivity index (χ1v) is 9.77. The van der Waals surface area contributed by atoms with Crippen LogP contribution in [0.2, 0.25) is 0 Å². The van der Waals surface area contributed by atoms with E-state index >= 15 is 0 Å². The molecule has 4 bridgehead atoms. The maximum Gasteiger partial charge on any atom is 0.303 e. The van der Waals surface area contributed by atoms with Crippen LogP contribution in [0.5, 0.6) is 0 Å². The SMILES string of the molecule is CC(=O)O[C@@]12CCC[C@H](CC(N3[C@@H]4CCC[C@H]3CC(N)C4)C1)C2. The van der Waals surface area contributed by atoms with Crippen LogP contribution in [0.4, 0.5) is 0 Å². The summed E-state index contributed by atoms with van der Waals surface area (Å²) in [7, 11) is 0. The molecule has 2 aliphatic heterocycles. The molecule has 0 aromatic heterocycles. The van der Waals surface area contributed by atoms with E-state index in [0.717, 1.165) is 38.0 Å². The molecule has 4 nitrogen and oxygen atoms in total. The lowest BCUT2D eigenvalue weighted by Gasteiger charge is -2.57. The van der Waals surface area contributed by atoms with Gasteiger partial charge in [0.05, 0.1) is 0 Å². The molecule has 0 aromatic carbocycles. The molecule has 4 aliphatic rings. The van der Waals surface area contributed by atoms with Crippen molar-refractivity contribution in [3.63, 3.8) is 0 Å². The third kappa shape index (κ3) is 3.05. The number of esters is 1. The summed E-state index contributed by atoms with van der Waals surface area (Å²) in [5.74, 6) is 0.658. The number of fused-ring (bicyclic) bond motifs is 4. The van der Waals surface area contributed by atoms with Gasteiger partial charge in [-0.15, -0.1) is 0 Å². The Bertz CT molecular complexity index is 454. The molecule has 130 valence electrons. The average molecular weight is 320 g/mol. The number of rotatable bonds is 2. The van der Waals surface area contributed by atoms with Gasteiger partial charge >= 0.3 is 5.97 Å². The maximum atomic E-state index is 11.7. The van der Waals surface area contributed by atoms with Gasteiger partial charge in [0.1, 0.15) is 5.60 Å². The highest BCUT2D eigenvalue weighted by Gasteiger charge is 2.50. The van der Waals surface area contributed by atoms with Gasteiger partial charge in [-0.25, -0.2) is 0 Å². The minimum Gasteiger partial charge on any atom is -0.459 e. The van der Waals surface area contributed by atoms with E-state index in [1.807, 2.05) is 0 Å². The predicted octanol–water partition coefficient (Wildman–Crippen LogP) is 2.99. The summed E-state index contributed by atoms with van der Waals surface area (Å²) < 4.78 is 5.92. The van der Waals surface area contributed by atoms with E-state index in [2.05, 4.69) is 4.90 Å². The zero-order valence-corrected chi connectivity index (χ0v) is 14.5. The zero-order valence-electron chi connectivity index (χ0n) is 14.5. The Labute approximate surface area is 140 Å². The van der Waals surface area contributed by atoms with Crippen molar-refractivity contribution < 1.29 is 9.53 Å². The van der Waals surface area contributed by atoms with Crippen LogP contribution in [0.3, 0.4) is 0 Å². The lowest BCUT2D eigenvalue weighted by Crippen LogP contribution is -2.62. The van der Waals surface area contributed by atoms with Crippen LogP contribution in [-0.4, -0.2) is 40.6 Å². The van der Waals surface area contributed by atoms with Crippen molar-refractivity contribution >= 4 is 5.97 Å². The van der Waals surface area contributed by atoms with E-state index in [1.54, 1.807) is 6.92 Å². The quantitative estimate of drug-likeness (QED) is 0.795. The Morgan fingerprint density at radius 2 is 1.78 bits per heavy atom. The summed E-state index contributed by atoms with van der Waals surface area (Å²) in [6.45, 7) is 1.58. The minimum atomic E-state index is -0.161. The molecule has 2 saturated heterocycles. The number of ether oxygens (including phenoxy) is 1. The van der Waals surface area contributed by atoms with E-state index in [9.17, 15) is 4.79 Å². The summed E-state index contributed by atoms with van der Waals surface area (Å²) in [6, 6.07) is 2.36. The molecule has 2 saturated carbocycles. The van der Waals surface area contributed by atoms with Gasteiger partial charge in [0.2, 0.25) is 0 Å². The van der Waals surface area contributed by atoms with Gasteiger partial charge in [0, 0.05) is 37.5 Å². The monoisotopic (exact) mass is 320 g/mol. The largest absolute Gasteiger partial charge is 0.459 e. The second-order valence-electron chi connectivity index (χ2n) is 8.75. The van der Waals surface area contributed by atoms with Crippen LogP contribution < -0.4 is 5.73 Å². The first kappa shape index (κ1) is 15.9. The van der Waals surface area contributed by atoms with Gasteiger partial charge in [-0.05, 0) is 57.3 Å². The molecule has 0 aromatic rings. The van der Waals surface area contributed by atoms with Crippen molar-refractivity contribution in [2.24, 2.45) is 11.7 Å². The lowest BCUT2D eigenvalue weighted by atomic mass is 9.65. The second kappa shape index (κ2) is 6.03. The molecular formula is C19H32N2O2. The molecule has 2 heterocycles. The van der Waals surface area contributed by atoms with Crippen LogP contribution in [0.1, 0.15) is 77.6 Å². The molecule has 4 rings (SSSR count). The van der Waals surface area contributed by atoms with E-state index in [-0.39, 0.29) is 11.6 Å². The van der Waals surface area contributed by atoms with Crippen LogP contribution in [0.15, 0.2) is 0 Å². The van der Waals surface area contributed by atoms with Gasteiger partial charge in [-0.3, -0.25) is 9.69 Å². The Morgan fingerprint density at radius 1 is 1.04 bits per heavy atom. The van der Waals surface area contributed by atoms with Gasteiger partial charge in [0.25, 0.3) is 0 Å². The highest BCUT2D eigenvalue weighted by atomic mass is 16.6. The van der Waals surface area contributed by atoms with Gasteiger partial charge in [-0.1, -0.05) is 12.8 Å². The summed E-state index contributed by atoms with van der Waals surface area (Å²) in [5.41, 5.74) is 6.14. The molecule has 23 heavy (non-hydrogen) atoms. The normalized spacial score (nSPS) is 47.1. The van der Waals surface area contributed by atoms with Gasteiger partial charge in [0.15, 0.2) is 0 Å².